The van der Waals surface area contributed by atoms with Crippen molar-refractivity contribution in [2.75, 3.05) is 38.2 Å². The predicted molar refractivity (Wildman–Crippen MR) is 123 cm³/mol. The number of nitrogens with two attached hydrogens (primary N) is 1. The van der Waals surface area contributed by atoms with E-state index in [-0.39, 0.29) is 5.91 Å². The molecule has 1 aliphatic heterocycles. The fraction of sp³-hybridized carbons (Fsp3) is 0.417. The third-order valence-electron chi connectivity index (χ3n) is 5.23. The average molecular weight is 441 g/mol. The molecule has 0 aromatic heterocycles. The van der Waals surface area contributed by atoms with Gasteiger partial charge in [-0.15, -0.1) is 0 Å². The smallest absolute Gasteiger partial charge is 0.319 e. The Bertz CT molecular complexity index is 839. The van der Waals surface area contributed by atoms with Crippen molar-refractivity contribution in [1.29, 1.82) is 0 Å². The van der Waals surface area contributed by atoms with Gasteiger partial charge in [0.2, 0.25) is 5.91 Å². The highest BCUT2D eigenvalue weighted by atomic mass is 16.5. The number of nitrogens with one attached hydrogen (secondary N) is 2. The number of amides is 3. The van der Waals surface area contributed by atoms with Gasteiger partial charge in [-0.1, -0.05) is 30.3 Å². The molecule has 0 unspecified atom stereocenters. The summed E-state index contributed by atoms with van der Waals surface area (Å²) in [5.41, 5.74) is 7.28. The number of rotatable bonds is 10. The van der Waals surface area contributed by atoms with Gasteiger partial charge in [0.25, 0.3) is 0 Å². The lowest BCUT2D eigenvalue weighted by molar-refractivity contribution is -0.137. The summed E-state index contributed by atoms with van der Waals surface area (Å²) in [4.78, 5) is 27.2. The fourth-order valence-electron chi connectivity index (χ4n) is 3.46. The Hall–Kier alpha value is -3.10. The topological polar surface area (TPSA) is 106 Å². The van der Waals surface area contributed by atoms with Gasteiger partial charge in [-0.05, 0) is 55.6 Å². The zero-order valence-electron chi connectivity index (χ0n) is 18.3. The van der Waals surface area contributed by atoms with Crippen molar-refractivity contribution in [2.24, 2.45) is 5.73 Å². The van der Waals surface area contributed by atoms with Gasteiger partial charge in [-0.25, -0.2) is 4.79 Å². The van der Waals surface area contributed by atoms with Crippen LogP contribution >= 0.6 is 0 Å². The van der Waals surface area contributed by atoms with E-state index in [1.54, 1.807) is 29.2 Å². The molecule has 32 heavy (non-hydrogen) atoms. The van der Waals surface area contributed by atoms with Crippen LogP contribution in [-0.4, -0.2) is 55.7 Å². The van der Waals surface area contributed by atoms with Gasteiger partial charge in [-0.3, -0.25) is 4.79 Å². The van der Waals surface area contributed by atoms with E-state index in [4.69, 9.17) is 15.2 Å². The maximum absolute atomic E-state index is 12.9. The van der Waals surface area contributed by atoms with E-state index in [2.05, 4.69) is 10.6 Å². The van der Waals surface area contributed by atoms with Crippen molar-refractivity contribution in [2.45, 2.75) is 31.9 Å². The highest BCUT2D eigenvalue weighted by molar-refractivity contribution is 5.93. The molecule has 0 bridgehead atoms. The summed E-state index contributed by atoms with van der Waals surface area (Å²) in [5.74, 6) is 0.632. The highest BCUT2D eigenvalue weighted by Crippen LogP contribution is 2.17. The standard InChI is InChI=1S/C24H32N4O4/c25-13-5-4-8-22(23(29)28-14-16-31-17-15-28)27-24(30)26-20-9-11-21(12-10-20)32-18-19-6-2-1-3-7-19/h1-3,6-7,9-12,22H,4-5,8,13-18,25H2,(H2,26,27,30)/t22-/m0/s1. The first-order valence-corrected chi connectivity index (χ1v) is 11.1. The molecular formula is C24H32N4O4. The molecule has 2 aromatic rings. The monoisotopic (exact) mass is 440 g/mol. The molecular weight excluding hydrogens is 408 g/mol. The Morgan fingerprint density at radius 1 is 1.03 bits per heavy atom. The number of nitrogens with zero attached hydrogens (tertiary/aromatic N) is 1. The summed E-state index contributed by atoms with van der Waals surface area (Å²) in [7, 11) is 0. The number of hydrogen-bond acceptors (Lipinski definition) is 5. The van der Waals surface area contributed by atoms with Crippen LogP contribution in [0.2, 0.25) is 0 Å². The van der Waals surface area contributed by atoms with Gasteiger partial charge >= 0.3 is 6.03 Å². The summed E-state index contributed by atoms with van der Waals surface area (Å²) in [6, 6.07) is 16.0. The first-order chi connectivity index (χ1) is 15.7. The molecule has 0 spiro atoms. The highest BCUT2D eigenvalue weighted by Gasteiger charge is 2.26. The maximum Gasteiger partial charge on any atom is 0.319 e. The molecule has 0 saturated carbocycles. The van der Waals surface area contributed by atoms with Gasteiger partial charge < -0.3 is 30.7 Å². The largest absolute Gasteiger partial charge is 0.489 e. The number of carbonyl (C=O) groups is 2. The van der Waals surface area contributed by atoms with E-state index < -0.39 is 12.1 Å². The molecule has 3 rings (SSSR count). The van der Waals surface area contributed by atoms with Crippen LogP contribution in [0.5, 0.6) is 5.75 Å². The molecule has 1 aliphatic rings. The molecule has 1 saturated heterocycles. The van der Waals surface area contributed by atoms with Crippen LogP contribution in [0.4, 0.5) is 10.5 Å². The van der Waals surface area contributed by atoms with E-state index >= 15 is 0 Å². The summed E-state index contributed by atoms with van der Waals surface area (Å²) in [5, 5.41) is 5.62. The van der Waals surface area contributed by atoms with Gasteiger partial charge in [-0.2, -0.15) is 0 Å². The first-order valence-electron chi connectivity index (χ1n) is 11.1. The Kier molecular flexibility index (Phi) is 9.34. The zero-order chi connectivity index (χ0) is 22.6. The van der Waals surface area contributed by atoms with Crippen molar-refractivity contribution < 1.29 is 19.1 Å². The quantitative estimate of drug-likeness (QED) is 0.493. The number of urea groups is 1. The van der Waals surface area contributed by atoms with E-state index in [1.807, 2.05) is 30.3 Å². The summed E-state index contributed by atoms with van der Waals surface area (Å²) in [6.07, 6.45) is 2.12. The minimum absolute atomic E-state index is 0.0786. The van der Waals surface area contributed by atoms with Crippen LogP contribution < -0.4 is 21.1 Å². The van der Waals surface area contributed by atoms with Crippen molar-refractivity contribution in [3.05, 3.63) is 60.2 Å². The van der Waals surface area contributed by atoms with E-state index in [1.165, 1.54) is 0 Å². The lowest BCUT2D eigenvalue weighted by atomic mass is 10.1. The van der Waals surface area contributed by atoms with Crippen LogP contribution in [0.3, 0.4) is 0 Å². The Labute approximate surface area is 189 Å². The second-order valence-electron chi connectivity index (χ2n) is 7.67. The molecule has 3 amide bonds. The molecule has 1 atom stereocenters. The van der Waals surface area contributed by atoms with Crippen LogP contribution in [0.25, 0.3) is 0 Å². The average Bonchev–Trinajstić information content (AvgIpc) is 2.84. The fourth-order valence-corrected chi connectivity index (χ4v) is 3.46. The van der Waals surface area contributed by atoms with E-state index in [9.17, 15) is 9.59 Å². The van der Waals surface area contributed by atoms with Gasteiger partial charge in [0, 0.05) is 18.8 Å². The minimum atomic E-state index is -0.590. The van der Waals surface area contributed by atoms with Gasteiger partial charge in [0.15, 0.2) is 0 Å². The third-order valence-corrected chi connectivity index (χ3v) is 5.23. The number of carbonyl (C=O) groups excluding carboxylic acids is 2. The van der Waals surface area contributed by atoms with Crippen LogP contribution in [0.15, 0.2) is 54.6 Å². The first kappa shape index (κ1) is 23.6. The number of unbranched alkanes of at least 4 members (excludes halogenated alkanes) is 1. The molecule has 0 aliphatic carbocycles. The Morgan fingerprint density at radius 2 is 1.75 bits per heavy atom. The summed E-state index contributed by atoms with van der Waals surface area (Å²) in [6.45, 7) is 3.16. The molecule has 8 heteroatoms. The molecule has 0 radical (unpaired) electrons. The third kappa shape index (κ3) is 7.55. The number of hydrogen-bond donors (Lipinski definition) is 3. The summed E-state index contributed by atoms with van der Waals surface area (Å²) >= 11 is 0. The van der Waals surface area contributed by atoms with Gasteiger partial charge in [0.1, 0.15) is 18.4 Å². The predicted octanol–water partition coefficient (Wildman–Crippen LogP) is 2.74. The second kappa shape index (κ2) is 12.7. The number of morpholine rings is 1. The van der Waals surface area contributed by atoms with Gasteiger partial charge in [0.05, 0.1) is 13.2 Å². The normalized spacial score (nSPS) is 14.5. The Balaban J connectivity index is 1.52. The number of ether oxygens (including phenoxy) is 2. The molecule has 1 fully saturated rings. The molecule has 8 nitrogen and oxygen atoms in total. The Morgan fingerprint density at radius 3 is 2.44 bits per heavy atom. The summed E-state index contributed by atoms with van der Waals surface area (Å²) < 4.78 is 11.1. The minimum Gasteiger partial charge on any atom is -0.489 e. The van der Waals surface area contributed by atoms with Crippen LogP contribution in [0.1, 0.15) is 24.8 Å². The maximum atomic E-state index is 12.9. The lowest BCUT2D eigenvalue weighted by Crippen LogP contribution is -2.52. The van der Waals surface area contributed by atoms with Crippen molar-refractivity contribution >= 4 is 17.6 Å². The SMILES string of the molecule is NCCCC[C@H](NC(=O)Nc1ccc(OCc2ccccc2)cc1)C(=O)N1CCOCC1. The van der Waals surface area contributed by atoms with Crippen LogP contribution in [0, 0.1) is 0 Å². The van der Waals surface area contributed by atoms with Crippen LogP contribution in [-0.2, 0) is 16.1 Å². The molecule has 172 valence electrons. The number of anilines is 1. The molecule has 4 N–H and O–H groups in total. The van der Waals surface area contributed by atoms with Crippen molar-refractivity contribution in [1.82, 2.24) is 10.2 Å². The van der Waals surface area contributed by atoms with Crippen molar-refractivity contribution in [3.63, 3.8) is 0 Å². The van der Waals surface area contributed by atoms with E-state index in [0.29, 0.717) is 57.3 Å². The zero-order valence-corrected chi connectivity index (χ0v) is 18.3. The lowest BCUT2D eigenvalue weighted by Gasteiger charge is -2.30. The van der Waals surface area contributed by atoms with Crippen molar-refractivity contribution in [3.8, 4) is 5.75 Å². The van der Waals surface area contributed by atoms with E-state index in [0.717, 1.165) is 18.4 Å². The second-order valence-corrected chi connectivity index (χ2v) is 7.67. The molecule has 2 aromatic carbocycles. The number of benzene rings is 2. The molecule has 1 heterocycles.